The van der Waals surface area contributed by atoms with Gasteiger partial charge in [0.15, 0.2) is 5.69 Å². The van der Waals surface area contributed by atoms with Crippen molar-refractivity contribution < 1.29 is 35.9 Å². The van der Waals surface area contributed by atoms with Crippen molar-refractivity contribution in [3.63, 3.8) is 0 Å². The highest BCUT2D eigenvalue weighted by molar-refractivity contribution is 8.13. The van der Waals surface area contributed by atoms with E-state index in [9.17, 15) is 26.4 Å². The van der Waals surface area contributed by atoms with Gasteiger partial charge in [-0.3, -0.25) is 0 Å². The standard InChI is InChI=1S/C16H21N3O4S.C9H18N2O2.C7H4ClNO2S.B2.B/c1-16(2,3)23-15(20)19-8-7-13(11-19)18-24(21,22)14-6-4-5-12(9-14)10-17;1-9(2,3)13-8(12)11-5-4-7(10)6-11;1-9-6-3-2-4-7(5-6)12(8,10)11;1-2;/h4-6,9,13,18H,7-8,11H2,1-3H3;7H,4-6,10H2,1-3H3;2-5H;;/t13-;7-;;;/m11.../s1. The lowest BCUT2D eigenvalue weighted by Gasteiger charge is -2.24. The highest BCUT2D eigenvalue weighted by Gasteiger charge is 2.32. The maximum absolute atomic E-state index is 12.4. The Balaban J connectivity index is 0.000000789. The van der Waals surface area contributed by atoms with E-state index in [1.807, 2.05) is 26.8 Å². The number of nitriles is 1. The molecule has 2 aliphatic rings. The Morgan fingerprint density at radius 2 is 1.42 bits per heavy atom. The predicted octanol–water partition coefficient (Wildman–Crippen LogP) is 3.82. The molecule has 52 heavy (non-hydrogen) atoms. The van der Waals surface area contributed by atoms with E-state index in [4.69, 9.17) is 37.7 Å². The second kappa shape index (κ2) is 21.1. The van der Waals surface area contributed by atoms with Crippen LogP contribution < -0.4 is 10.5 Å². The van der Waals surface area contributed by atoms with Crippen LogP contribution >= 0.6 is 10.7 Å². The number of amides is 2. The molecular formula is C32H43B3ClN6O8S2. The third-order valence-corrected chi connectivity index (χ3v) is 9.41. The molecule has 3 N–H and O–H groups in total. The number of rotatable bonds is 4. The minimum Gasteiger partial charge on any atom is -0.444 e. The first-order valence-electron chi connectivity index (χ1n) is 15.5. The molecule has 2 fully saturated rings. The molecular weight excluding hydrogens is 728 g/mol. The summed E-state index contributed by atoms with van der Waals surface area (Å²) in [6.07, 6.45) is 0.687. The minimum absolute atomic E-state index is 0. The number of ether oxygens (including phenoxy) is 2. The smallest absolute Gasteiger partial charge is 0.410 e. The Hall–Kier alpha value is -3.74. The maximum Gasteiger partial charge on any atom is 0.410 e. The average Bonchev–Trinajstić information content (AvgIpc) is 3.70. The monoisotopic (exact) mass is 771 g/mol. The van der Waals surface area contributed by atoms with Crippen molar-refractivity contribution in [3.05, 3.63) is 65.5 Å². The van der Waals surface area contributed by atoms with E-state index in [2.05, 4.69) is 25.0 Å². The lowest BCUT2D eigenvalue weighted by atomic mass is 9.81. The van der Waals surface area contributed by atoms with Crippen LogP contribution in [0.25, 0.3) is 4.85 Å². The first-order chi connectivity index (χ1) is 23.5. The molecule has 2 aromatic rings. The second-order valence-corrected chi connectivity index (χ2v) is 17.5. The van der Waals surface area contributed by atoms with Gasteiger partial charge < -0.3 is 25.0 Å². The van der Waals surface area contributed by atoms with E-state index in [1.54, 1.807) is 31.7 Å². The van der Waals surface area contributed by atoms with Gasteiger partial charge in [0.1, 0.15) is 11.2 Å². The summed E-state index contributed by atoms with van der Waals surface area (Å²) < 4.78 is 59.4. The second-order valence-electron chi connectivity index (χ2n) is 13.2. The molecule has 0 unspecified atom stereocenters. The summed E-state index contributed by atoms with van der Waals surface area (Å²) in [4.78, 5) is 29.7. The molecule has 0 bridgehead atoms. The van der Waals surface area contributed by atoms with Crippen LogP contribution in [0.2, 0.25) is 0 Å². The fraction of sp³-hybridized carbons (Fsp3) is 0.500. The van der Waals surface area contributed by atoms with Crippen molar-refractivity contribution >= 4 is 71.5 Å². The minimum atomic E-state index is -3.74. The van der Waals surface area contributed by atoms with Crippen molar-refractivity contribution in [2.75, 3.05) is 26.2 Å². The summed E-state index contributed by atoms with van der Waals surface area (Å²) in [5.74, 6) is 0. The molecule has 4 rings (SSSR count). The van der Waals surface area contributed by atoms with Crippen LogP contribution in [0, 0.1) is 17.9 Å². The molecule has 7 radical (unpaired) electrons. The van der Waals surface area contributed by atoms with Crippen LogP contribution in [0.5, 0.6) is 0 Å². The highest BCUT2D eigenvalue weighted by atomic mass is 35.7. The van der Waals surface area contributed by atoms with Gasteiger partial charge in [-0.1, -0.05) is 18.2 Å². The zero-order valence-electron chi connectivity index (χ0n) is 30.1. The Morgan fingerprint density at radius 1 is 0.923 bits per heavy atom. The number of hydrogen-bond donors (Lipinski definition) is 2. The van der Waals surface area contributed by atoms with Gasteiger partial charge in [-0.2, -0.15) is 5.26 Å². The number of hydrogen-bond acceptors (Lipinski definition) is 10. The fourth-order valence-electron chi connectivity index (χ4n) is 4.35. The van der Waals surface area contributed by atoms with Gasteiger partial charge in [0, 0.05) is 72.8 Å². The summed E-state index contributed by atoms with van der Waals surface area (Å²) in [5, 5.41) is 8.88. The normalized spacial score (nSPS) is 16.8. The van der Waals surface area contributed by atoms with Gasteiger partial charge in [0.2, 0.25) is 10.0 Å². The van der Waals surface area contributed by atoms with Crippen LogP contribution in [-0.4, -0.2) is 112 Å². The average molecular weight is 772 g/mol. The van der Waals surface area contributed by atoms with Crippen LogP contribution in [0.1, 0.15) is 59.9 Å². The summed E-state index contributed by atoms with van der Waals surface area (Å²) in [6, 6.07) is 13.0. The topological polar surface area (TPSA) is 194 Å². The quantitative estimate of drug-likeness (QED) is 0.262. The number of benzene rings is 2. The summed E-state index contributed by atoms with van der Waals surface area (Å²) >= 11 is 0. The van der Waals surface area contributed by atoms with E-state index < -0.39 is 36.4 Å². The molecule has 0 aliphatic carbocycles. The first kappa shape index (κ1) is 48.3. The van der Waals surface area contributed by atoms with Crippen LogP contribution in [-0.2, 0) is 28.5 Å². The third kappa shape index (κ3) is 17.7. The van der Waals surface area contributed by atoms with Crippen molar-refractivity contribution in [1.29, 1.82) is 5.26 Å². The Kier molecular flexibility index (Phi) is 19.6. The number of carbonyl (C=O) groups excluding carboxylic acids is 2. The van der Waals surface area contributed by atoms with Gasteiger partial charge in [-0.25, -0.2) is 36.0 Å². The number of sulfonamides is 1. The number of nitrogens with zero attached hydrogens (tertiary/aromatic N) is 4. The van der Waals surface area contributed by atoms with Gasteiger partial charge in [-0.15, -0.1) is 0 Å². The SMILES string of the molecule is CC(C)(C)OC(=O)N1CC[C@@H](N)C1.CC(C)(C)OC(=O)N1CC[C@@H](NS(=O)(=O)c2cccc(C#N)c2)C1.[B].[B][B].[C-]#[N+]c1cccc(S(=O)(=O)Cl)c1. The number of nitrogens with one attached hydrogen (secondary N) is 1. The molecule has 2 heterocycles. The molecule has 2 aromatic carbocycles. The van der Waals surface area contributed by atoms with Crippen LogP contribution in [0.15, 0.2) is 58.3 Å². The van der Waals surface area contributed by atoms with Gasteiger partial charge >= 0.3 is 12.2 Å². The molecule has 0 saturated carbocycles. The van der Waals surface area contributed by atoms with Crippen molar-refractivity contribution in [3.8, 4) is 6.07 Å². The van der Waals surface area contributed by atoms with E-state index in [0.717, 1.165) is 13.0 Å². The fourth-order valence-corrected chi connectivity index (χ4v) is 6.45. The molecule has 0 spiro atoms. The third-order valence-electron chi connectivity index (χ3n) is 6.54. The van der Waals surface area contributed by atoms with Crippen molar-refractivity contribution in [2.45, 2.75) is 87.5 Å². The van der Waals surface area contributed by atoms with E-state index in [0.29, 0.717) is 19.5 Å². The first-order valence-corrected chi connectivity index (χ1v) is 19.3. The summed E-state index contributed by atoms with van der Waals surface area (Å²) in [5.41, 5.74) is 5.21. The molecule has 2 atom stereocenters. The summed E-state index contributed by atoms with van der Waals surface area (Å²) in [6.45, 7) is 19.6. The predicted molar refractivity (Wildman–Crippen MR) is 201 cm³/mol. The zero-order chi connectivity index (χ0) is 39.2. The van der Waals surface area contributed by atoms with E-state index >= 15 is 0 Å². The van der Waals surface area contributed by atoms with Gasteiger partial charge in [0.05, 0.1) is 28.0 Å². The highest BCUT2D eigenvalue weighted by Crippen LogP contribution is 2.21. The molecule has 2 amide bonds. The summed E-state index contributed by atoms with van der Waals surface area (Å²) in [7, 11) is 5.61. The molecule has 277 valence electrons. The largest absolute Gasteiger partial charge is 0.444 e. The van der Waals surface area contributed by atoms with E-state index in [-0.39, 0.29) is 54.2 Å². The number of carbonyl (C=O) groups is 2. The number of likely N-dealkylation sites (tertiary alicyclic amines) is 2. The molecule has 2 saturated heterocycles. The molecule has 20 heteroatoms. The van der Waals surface area contributed by atoms with Crippen LogP contribution in [0.3, 0.4) is 0 Å². The Morgan fingerprint density at radius 3 is 1.88 bits per heavy atom. The Bertz CT molecular complexity index is 1790. The van der Waals surface area contributed by atoms with E-state index in [1.165, 1.54) is 47.4 Å². The Labute approximate surface area is 317 Å². The zero-order valence-corrected chi connectivity index (χ0v) is 32.5. The maximum atomic E-state index is 12.4. The lowest BCUT2D eigenvalue weighted by Crippen LogP contribution is -2.40. The van der Waals surface area contributed by atoms with Gasteiger partial charge in [0.25, 0.3) is 9.05 Å². The lowest BCUT2D eigenvalue weighted by molar-refractivity contribution is 0.0282. The molecule has 14 nitrogen and oxygen atoms in total. The number of nitrogens with two attached hydrogens (primary N) is 1. The molecule has 2 aliphatic heterocycles. The number of halogens is 1. The van der Waals surface area contributed by atoms with Crippen LogP contribution in [0.4, 0.5) is 15.3 Å². The molecule has 0 aromatic heterocycles. The van der Waals surface area contributed by atoms with Gasteiger partial charge in [-0.05, 0) is 84.7 Å². The van der Waals surface area contributed by atoms with Crippen molar-refractivity contribution in [2.24, 2.45) is 5.73 Å². The van der Waals surface area contributed by atoms with Crippen molar-refractivity contribution in [1.82, 2.24) is 14.5 Å².